The van der Waals surface area contributed by atoms with Crippen molar-refractivity contribution in [3.63, 3.8) is 0 Å². The van der Waals surface area contributed by atoms with Gasteiger partial charge in [0.15, 0.2) is 0 Å². The lowest BCUT2D eigenvalue weighted by atomic mass is 9.75. The molecule has 0 aromatic heterocycles. The minimum absolute atomic E-state index is 0.129. The van der Waals surface area contributed by atoms with Crippen molar-refractivity contribution >= 4 is 11.6 Å². The summed E-state index contributed by atoms with van der Waals surface area (Å²) in [6.45, 7) is 6.94. The van der Waals surface area contributed by atoms with Gasteiger partial charge in [-0.25, -0.2) is 0 Å². The van der Waals surface area contributed by atoms with Crippen molar-refractivity contribution in [3.8, 4) is 5.75 Å². The topological polar surface area (TPSA) is 49.8 Å². The zero-order valence-electron chi connectivity index (χ0n) is 14.3. The van der Waals surface area contributed by atoms with Crippen molar-refractivity contribution in [2.24, 2.45) is 5.92 Å². The van der Waals surface area contributed by atoms with E-state index in [4.69, 9.17) is 4.74 Å². The van der Waals surface area contributed by atoms with Crippen molar-refractivity contribution in [1.29, 1.82) is 0 Å². The van der Waals surface area contributed by atoms with Crippen LogP contribution in [0.25, 0.3) is 0 Å². The van der Waals surface area contributed by atoms with Crippen LogP contribution < -0.4 is 9.64 Å². The molecule has 4 heteroatoms. The Morgan fingerprint density at radius 1 is 1.35 bits per heavy atom. The van der Waals surface area contributed by atoms with E-state index in [1.165, 1.54) is 5.56 Å². The molecule has 1 saturated carbocycles. The van der Waals surface area contributed by atoms with Gasteiger partial charge in [-0.05, 0) is 62.3 Å². The number of hydrogen-bond acceptors (Lipinski definition) is 3. The zero-order valence-corrected chi connectivity index (χ0v) is 14.3. The first-order valence-electron chi connectivity index (χ1n) is 8.66. The van der Waals surface area contributed by atoms with Crippen molar-refractivity contribution in [1.82, 2.24) is 0 Å². The molecule has 0 spiro atoms. The lowest BCUT2D eigenvalue weighted by Crippen LogP contribution is -2.56. The maximum atomic E-state index is 12.3. The van der Waals surface area contributed by atoms with Gasteiger partial charge in [-0.2, -0.15) is 0 Å². The van der Waals surface area contributed by atoms with E-state index >= 15 is 0 Å². The molecular weight excluding hydrogens is 290 g/mol. The number of rotatable bonds is 5. The van der Waals surface area contributed by atoms with Crippen LogP contribution in [0.5, 0.6) is 5.75 Å². The standard InChI is InChI=1S/C19H27NO3/c1-13(2)8-9-23-16-5-6-17-14(10-16)4-7-18(21)20(17)15-11-19(3,22)12-15/h5-6,10,13,15,22H,4,7-9,11-12H2,1-3H3. The summed E-state index contributed by atoms with van der Waals surface area (Å²) in [5.74, 6) is 1.69. The Kier molecular flexibility index (Phi) is 4.37. The maximum Gasteiger partial charge on any atom is 0.227 e. The molecule has 1 aliphatic heterocycles. The Labute approximate surface area is 138 Å². The highest BCUT2D eigenvalue weighted by molar-refractivity contribution is 5.97. The number of aryl methyl sites for hydroxylation is 1. The molecule has 1 aromatic rings. The molecule has 2 aliphatic rings. The molecule has 0 unspecified atom stereocenters. The molecule has 1 fully saturated rings. The Morgan fingerprint density at radius 3 is 2.74 bits per heavy atom. The third-order valence-corrected chi connectivity index (χ3v) is 4.87. The van der Waals surface area contributed by atoms with Crippen LogP contribution >= 0.6 is 0 Å². The molecule has 0 bridgehead atoms. The van der Waals surface area contributed by atoms with Gasteiger partial charge in [0.1, 0.15) is 5.75 Å². The van der Waals surface area contributed by atoms with Crippen molar-refractivity contribution in [2.75, 3.05) is 11.5 Å². The average molecular weight is 317 g/mol. The Hall–Kier alpha value is -1.55. The smallest absolute Gasteiger partial charge is 0.227 e. The number of carbonyl (C=O) groups excluding carboxylic acids is 1. The van der Waals surface area contributed by atoms with Gasteiger partial charge in [0, 0.05) is 18.2 Å². The average Bonchev–Trinajstić information content (AvgIpc) is 2.44. The minimum atomic E-state index is -0.623. The molecule has 4 nitrogen and oxygen atoms in total. The van der Waals surface area contributed by atoms with Crippen molar-refractivity contribution < 1.29 is 14.6 Å². The third-order valence-electron chi connectivity index (χ3n) is 4.87. The number of nitrogens with zero attached hydrogens (tertiary/aromatic N) is 1. The summed E-state index contributed by atoms with van der Waals surface area (Å²) in [7, 11) is 0. The first kappa shape index (κ1) is 16.3. The molecule has 1 heterocycles. The van der Waals surface area contributed by atoms with Gasteiger partial charge in [-0.1, -0.05) is 13.8 Å². The Morgan fingerprint density at radius 2 is 2.09 bits per heavy atom. The molecule has 1 aromatic carbocycles. The highest BCUT2D eigenvalue weighted by Crippen LogP contribution is 2.41. The second kappa shape index (κ2) is 6.16. The van der Waals surface area contributed by atoms with Gasteiger partial charge in [-0.15, -0.1) is 0 Å². The van der Waals surface area contributed by atoms with Crippen LogP contribution in [0.3, 0.4) is 0 Å². The zero-order chi connectivity index (χ0) is 16.6. The first-order chi connectivity index (χ1) is 10.9. The summed E-state index contributed by atoms with van der Waals surface area (Å²) in [6, 6.07) is 6.17. The molecule has 0 radical (unpaired) electrons. The number of benzene rings is 1. The molecule has 0 saturated heterocycles. The van der Waals surface area contributed by atoms with Crippen LogP contribution in [-0.4, -0.2) is 29.3 Å². The van der Waals surface area contributed by atoms with Crippen molar-refractivity contribution in [2.45, 2.75) is 64.5 Å². The van der Waals surface area contributed by atoms with E-state index in [1.807, 2.05) is 24.0 Å². The van der Waals surface area contributed by atoms with Gasteiger partial charge in [0.25, 0.3) is 0 Å². The lowest BCUT2D eigenvalue weighted by molar-refractivity contribution is -0.121. The number of ether oxygens (including phenoxy) is 1. The fourth-order valence-electron chi connectivity index (χ4n) is 3.53. The number of amides is 1. The number of anilines is 1. The van der Waals surface area contributed by atoms with Crippen LogP contribution in [0.1, 0.15) is 52.0 Å². The van der Waals surface area contributed by atoms with Gasteiger partial charge in [-0.3, -0.25) is 4.79 Å². The molecule has 0 atom stereocenters. The molecule has 1 aliphatic carbocycles. The maximum absolute atomic E-state index is 12.3. The normalized spacial score (nSPS) is 26.9. The van der Waals surface area contributed by atoms with E-state index in [-0.39, 0.29) is 11.9 Å². The summed E-state index contributed by atoms with van der Waals surface area (Å²) in [5, 5.41) is 9.98. The van der Waals surface area contributed by atoms with Gasteiger partial charge in [0.05, 0.1) is 12.2 Å². The predicted octanol–water partition coefficient (Wildman–Crippen LogP) is 3.30. The number of fused-ring (bicyclic) bond motifs is 1. The second-order valence-corrected chi connectivity index (χ2v) is 7.64. The summed E-state index contributed by atoms with van der Waals surface area (Å²) in [6.07, 6.45) is 3.67. The van der Waals surface area contributed by atoms with E-state index < -0.39 is 5.60 Å². The van der Waals surface area contributed by atoms with Crippen LogP contribution in [0, 0.1) is 5.92 Å². The third kappa shape index (κ3) is 3.52. The predicted molar refractivity (Wildman–Crippen MR) is 90.8 cm³/mol. The van der Waals surface area contributed by atoms with E-state index in [0.717, 1.165) is 30.9 Å². The highest BCUT2D eigenvalue weighted by atomic mass is 16.5. The van der Waals surface area contributed by atoms with E-state index in [1.54, 1.807) is 0 Å². The van der Waals surface area contributed by atoms with Gasteiger partial charge in [0.2, 0.25) is 5.91 Å². The fraction of sp³-hybridized carbons (Fsp3) is 0.632. The van der Waals surface area contributed by atoms with E-state index in [9.17, 15) is 9.90 Å². The quantitative estimate of drug-likeness (QED) is 0.906. The lowest BCUT2D eigenvalue weighted by Gasteiger charge is -2.48. The monoisotopic (exact) mass is 317 g/mol. The number of aliphatic hydroxyl groups is 1. The van der Waals surface area contributed by atoms with Gasteiger partial charge >= 0.3 is 0 Å². The number of carbonyl (C=O) groups is 1. The second-order valence-electron chi connectivity index (χ2n) is 7.64. The summed E-state index contributed by atoms with van der Waals surface area (Å²) >= 11 is 0. The van der Waals surface area contributed by atoms with Crippen LogP contribution in [0.15, 0.2) is 18.2 Å². The largest absolute Gasteiger partial charge is 0.494 e. The van der Waals surface area contributed by atoms with Crippen LogP contribution in [-0.2, 0) is 11.2 Å². The van der Waals surface area contributed by atoms with Gasteiger partial charge < -0.3 is 14.7 Å². The molecular formula is C19H27NO3. The molecule has 1 N–H and O–H groups in total. The first-order valence-corrected chi connectivity index (χ1v) is 8.66. The van der Waals surface area contributed by atoms with E-state index in [0.29, 0.717) is 25.2 Å². The van der Waals surface area contributed by atoms with Crippen molar-refractivity contribution in [3.05, 3.63) is 23.8 Å². The van der Waals surface area contributed by atoms with E-state index in [2.05, 4.69) is 19.9 Å². The SMILES string of the molecule is CC(C)CCOc1ccc2c(c1)CCC(=O)N2C1CC(C)(O)C1. The Balaban J connectivity index is 1.73. The Bertz CT molecular complexity index is 586. The molecule has 3 rings (SSSR count). The van der Waals surface area contributed by atoms with Crippen LogP contribution in [0.2, 0.25) is 0 Å². The fourth-order valence-corrected chi connectivity index (χ4v) is 3.53. The molecule has 126 valence electrons. The summed E-state index contributed by atoms with van der Waals surface area (Å²) < 4.78 is 5.84. The minimum Gasteiger partial charge on any atom is -0.494 e. The molecule has 1 amide bonds. The molecule has 23 heavy (non-hydrogen) atoms. The highest BCUT2D eigenvalue weighted by Gasteiger charge is 2.44. The summed E-state index contributed by atoms with van der Waals surface area (Å²) in [4.78, 5) is 14.2. The van der Waals surface area contributed by atoms with Crippen LogP contribution in [0.4, 0.5) is 5.69 Å². The summed E-state index contributed by atoms with van der Waals surface area (Å²) in [5.41, 5.74) is 1.55. The number of hydrogen-bond donors (Lipinski definition) is 1.